The van der Waals surface area contributed by atoms with Gasteiger partial charge < -0.3 is 5.32 Å². The van der Waals surface area contributed by atoms with Crippen LogP contribution in [0.25, 0.3) is 11.1 Å². The highest BCUT2D eigenvalue weighted by Crippen LogP contribution is 2.31. The third-order valence-electron chi connectivity index (χ3n) is 5.01. The van der Waals surface area contributed by atoms with Gasteiger partial charge >= 0.3 is 6.18 Å². The first-order valence-electron chi connectivity index (χ1n) is 9.39. The van der Waals surface area contributed by atoms with Crippen LogP contribution in [0.5, 0.6) is 0 Å². The molecule has 1 N–H and O–H groups in total. The Morgan fingerprint density at radius 3 is 1.74 bits per heavy atom. The SMILES string of the molecule is CCN(CC)C(C)(C)CNCc1ccc(-c2ccc(C(F)(F)F)cc2)cc1. The Morgan fingerprint density at radius 2 is 1.30 bits per heavy atom. The molecule has 0 aliphatic rings. The molecule has 0 aliphatic heterocycles. The highest BCUT2D eigenvalue weighted by molar-refractivity contribution is 5.64. The topological polar surface area (TPSA) is 15.3 Å². The highest BCUT2D eigenvalue weighted by atomic mass is 19.4. The van der Waals surface area contributed by atoms with Crippen LogP contribution in [-0.4, -0.2) is 30.1 Å². The van der Waals surface area contributed by atoms with E-state index in [2.05, 4.69) is 37.9 Å². The van der Waals surface area contributed by atoms with Crippen molar-refractivity contribution < 1.29 is 13.2 Å². The van der Waals surface area contributed by atoms with E-state index in [1.165, 1.54) is 12.1 Å². The van der Waals surface area contributed by atoms with E-state index >= 15 is 0 Å². The van der Waals surface area contributed by atoms with Crippen molar-refractivity contribution in [2.24, 2.45) is 0 Å². The molecule has 0 saturated carbocycles. The van der Waals surface area contributed by atoms with Gasteiger partial charge in [-0.25, -0.2) is 0 Å². The van der Waals surface area contributed by atoms with Crippen LogP contribution >= 0.6 is 0 Å². The van der Waals surface area contributed by atoms with Crippen molar-refractivity contribution in [1.29, 1.82) is 0 Å². The van der Waals surface area contributed by atoms with Gasteiger partial charge in [-0.2, -0.15) is 13.2 Å². The number of likely N-dealkylation sites (N-methyl/N-ethyl adjacent to an activating group) is 1. The molecule has 0 spiro atoms. The van der Waals surface area contributed by atoms with Gasteiger partial charge in [0, 0.05) is 18.6 Å². The minimum Gasteiger partial charge on any atom is -0.311 e. The smallest absolute Gasteiger partial charge is 0.311 e. The number of halogens is 3. The van der Waals surface area contributed by atoms with Crippen molar-refractivity contribution in [3.63, 3.8) is 0 Å². The fraction of sp³-hybridized carbons (Fsp3) is 0.455. The molecule has 148 valence electrons. The van der Waals surface area contributed by atoms with E-state index in [9.17, 15) is 13.2 Å². The molecule has 2 aromatic carbocycles. The number of rotatable bonds is 8. The van der Waals surface area contributed by atoms with E-state index < -0.39 is 11.7 Å². The van der Waals surface area contributed by atoms with Crippen LogP contribution in [0.4, 0.5) is 13.2 Å². The summed E-state index contributed by atoms with van der Waals surface area (Å²) in [5.41, 5.74) is 2.31. The van der Waals surface area contributed by atoms with Gasteiger partial charge in [0.1, 0.15) is 0 Å². The molecule has 0 amide bonds. The lowest BCUT2D eigenvalue weighted by molar-refractivity contribution is -0.137. The van der Waals surface area contributed by atoms with Gasteiger partial charge in [0.2, 0.25) is 0 Å². The Balaban J connectivity index is 1.95. The van der Waals surface area contributed by atoms with Crippen LogP contribution in [0, 0.1) is 0 Å². The molecule has 0 saturated heterocycles. The zero-order valence-corrected chi connectivity index (χ0v) is 16.5. The fourth-order valence-electron chi connectivity index (χ4n) is 3.37. The van der Waals surface area contributed by atoms with E-state index in [0.717, 1.165) is 55.0 Å². The van der Waals surface area contributed by atoms with Crippen molar-refractivity contribution in [2.75, 3.05) is 19.6 Å². The largest absolute Gasteiger partial charge is 0.416 e. The first-order chi connectivity index (χ1) is 12.7. The maximum Gasteiger partial charge on any atom is 0.416 e. The Hall–Kier alpha value is -1.85. The lowest BCUT2D eigenvalue weighted by Gasteiger charge is -2.37. The minimum absolute atomic E-state index is 0.0870. The standard InChI is InChI=1S/C22H29F3N2/c1-5-27(6-2)21(3,4)16-26-15-17-7-9-18(10-8-17)19-11-13-20(14-12-19)22(23,24)25/h7-14,26H,5-6,15-16H2,1-4H3. The summed E-state index contributed by atoms with van der Waals surface area (Å²) in [6.45, 7) is 12.5. The van der Waals surface area contributed by atoms with Crippen LogP contribution in [0.2, 0.25) is 0 Å². The number of hydrogen-bond acceptors (Lipinski definition) is 2. The Morgan fingerprint density at radius 1 is 0.815 bits per heavy atom. The van der Waals surface area contributed by atoms with Crippen molar-refractivity contribution in [2.45, 2.75) is 46.0 Å². The Labute approximate surface area is 160 Å². The molecule has 0 aliphatic carbocycles. The molecule has 0 atom stereocenters. The van der Waals surface area contributed by atoms with Gasteiger partial charge in [-0.15, -0.1) is 0 Å². The van der Waals surface area contributed by atoms with Gasteiger partial charge in [0.05, 0.1) is 5.56 Å². The molecule has 0 heterocycles. The molecule has 0 unspecified atom stereocenters. The maximum absolute atomic E-state index is 12.7. The van der Waals surface area contributed by atoms with Gasteiger partial charge in [-0.1, -0.05) is 50.2 Å². The van der Waals surface area contributed by atoms with Crippen molar-refractivity contribution in [3.05, 3.63) is 59.7 Å². The van der Waals surface area contributed by atoms with Crippen LogP contribution in [-0.2, 0) is 12.7 Å². The molecular weight excluding hydrogens is 349 g/mol. The summed E-state index contributed by atoms with van der Waals surface area (Å²) in [4.78, 5) is 2.42. The molecular formula is C22H29F3N2. The number of hydrogen-bond donors (Lipinski definition) is 1. The van der Waals surface area contributed by atoms with Gasteiger partial charge in [-0.3, -0.25) is 4.90 Å². The van der Waals surface area contributed by atoms with Crippen LogP contribution in [0.15, 0.2) is 48.5 Å². The molecule has 5 heteroatoms. The van der Waals surface area contributed by atoms with Gasteiger partial charge in [-0.05, 0) is 55.8 Å². The molecule has 0 aromatic heterocycles. The maximum atomic E-state index is 12.7. The summed E-state index contributed by atoms with van der Waals surface area (Å²) in [6.07, 6.45) is -4.30. The quantitative estimate of drug-likeness (QED) is 0.645. The second-order valence-electron chi connectivity index (χ2n) is 7.36. The lowest BCUT2D eigenvalue weighted by Crippen LogP contribution is -2.50. The Bertz CT molecular complexity index is 700. The first-order valence-corrected chi connectivity index (χ1v) is 9.39. The van der Waals surface area contributed by atoms with Crippen LogP contribution in [0.3, 0.4) is 0 Å². The second-order valence-corrected chi connectivity index (χ2v) is 7.36. The first kappa shape index (κ1) is 21.5. The lowest BCUT2D eigenvalue weighted by atomic mass is 10.0. The average molecular weight is 378 g/mol. The molecule has 0 fully saturated rings. The molecule has 0 radical (unpaired) electrons. The van der Waals surface area contributed by atoms with Crippen LogP contribution in [0.1, 0.15) is 38.8 Å². The van der Waals surface area contributed by atoms with Crippen molar-refractivity contribution in [1.82, 2.24) is 10.2 Å². The fourth-order valence-corrected chi connectivity index (χ4v) is 3.37. The van der Waals surface area contributed by atoms with Crippen molar-refractivity contribution >= 4 is 0 Å². The van der Waals surface area contributed by atoms with E-state index in [4.69, 9.17) is 0 Å². The summed E-state index contributed by atoms with van der Waals surface area (Å²) in [7, 11) is 0. The predicted molar refractivity (Wildman–Crippen MR) is 106 cm³/mol. The summed E-state index contributed by atoms with van der Waals surface area (Å²) in [5, 5.41) is 3.51. The molecule has 0 bridgehead atoms. The van der Waals surface area contributed by atoms with Gasteiger partial charge in [0.15, 0.2) is 0 Å². The normalized spacial score (nSPS) is 12.6. The Kier molecular flexibility index (Phi) is 7.06. The number of benzene rings is 2. The zero-order chi connectivity index (χ0) is 20.1. The molecule has 2 nitrogen and oxygen atoms in total. The third-order valence-corrected chi connectivity index (χ3v) is 5.01. The average Bonchev–Trinajstić information content (AvgIpc) is 2.62. The molecule has 2 rings (SSSR count). The summed E-state index contributed by atoms with van der Waals surface area (Å²) < 4.78 is 38.0. The van der Waals surface area contributed by atoms with E-state index in [-0.39, 0.29) is 5.54 Å². The highest BCUT2D eigenvalue weighted by Gasteiger charge is 2.30. The summed E-state index contributed by atoms with van der Waals surface area (Å²) in [5.74, 6) is 0. The predicted octanol–water partition coefficient (Wildman–Crippen LogP) is 5.58. The van der Waals surface area contributed by atoms with Gasteiger partial charge in [0.25, 0.3) is 0 Å². The second kappa shape index (κ2) is 8.89. The van der Waals surface area contributed by atoms with E-state index in [1.807, 2.05) is 24.3 Å². The van der Waals surface area contributed by atoms with E-state index in [1.54, 1.807) is 0 Å². The van der Waals surface area contributed by atoms with Crippen molar-refractivity contribution in [3.8, 4) is 11.1 Å². The number of nitrogens with one attached hydrogen (secondary N) is 1. The number of nitrogens with zero attached hydrogens (tertiary/aromatic N) is 1. The monoisotopic (exact) mass is 378 g/mol. The molecule has 27 heavy (non-hydrogen) atoms. The summed E-state index contributed by atoms with van der Waals surface area (Å²) >= 11 is 0. The molecule has 2 aromatic rings. The summed E-state index contributed by atoms with van der Waals surface area (Å²) in [6, 6.07) is 13.2. The number of alkyl halides is 3. The van der Waals surface area contributed by atoms with E-state index in [0.29, 0.717) is 0 Å². The third kappa shape index (κ3) is 5.81. The van der Waals surface area contributed by atoms with Crippen LogP contribution < -0.4 is 5.32 Å². The minimum atomic E-state index is -4.30. The zero-order valence-electron chi connectivity index (χ0n) is 16.5.